The molecule has 0 bridgehead atoms. The lowest BCUT2D eigenvalue weighted by atomic mass is 10.1. The fraction of sp³-hybridized carbons (Fsp3) is 0.0870. The molecule has 0 saturated heterocycles. The molecule has 6 rings (SSSR count). The van der Waals surface area contributed by atoms with Crippen LogP contribution in [0, 0.1) is 0 Å². The first-order valence-electron chi connectivity index (χ1n) is 10.3. The summed E-state index contributed by atoms with van der Waals surface area (Å²) in [5.41, 5.74) is 1.48. The lowest BCUT2D eigenvalue weighted by molar-refractivity contribution is -0.137. The molecule has 0 aliphatic carbocycles. The van der Waals surface area contributed by atoms with Gasteiger partial charge in [-0.25, -0.2) is 15.0 Å². The number of nitrogens with zero attached hydrogens (tertiary/aromatic N) is 5. The van der Waals surface area contributed by atoms with Crippen LogP contribution < -0.4 is 5.56 Å². The van der Waals surface area contributed by atoms with Crippen LogP contribution >= 0.6 is 23.5 Å². The van der Waals surface area contributed by atoms with Crippen molar-refractivity contribution in [2.45, 2.75) is 17.1 Å². The van der Waals surface area contributed by atoms with Gasteiger partial charge in [-0.3, -0.25) is 13.7 Å². The molecule has 35 heavy (non-hydrogen) atoms. The summed E-state index contributed by atoms with van der Waals surface area (Å²) < 4.78 is 49.9. The predicted octanol–water partition coefficient (Wildman–Crippen LogP) is 5.58. The molecular formula is C23H13F3N6OS2. The molecule has 0 saturated carbocycles. The van der Waals surface area contributed by atoms with Crippen LogP contribution in [-0.4, -0.2) is 28.3 Å². The highest BCUT2D eigenvalue weighted by atomic mass is 32.2. The van der Waals surface area contributed by atoms with Crippen LogP contribution in [0.1, 0.15) is 11.4 Å². The molecular weight excluding hydrogens is 497 g/mol. The van der Waals surface area contributed by atoms with E-state index in [1.807, 2.05) is 12.1 Å². The summed E-state index contributed by atoms with van der Waals surface area (Å²) in [6.45, 7) is 0. The average Bonchev–Trinajstić information content (AvgIpc) is 3.49. The first-order valence-corrected chi connectivity index (χ1v) is 12.1. The zero-order valence-electron chi connectivity index (χ0n) is 17.6. The third-order valence-electron chi connectivity index (χ3n) is 5.47. The molecule has 3 aromatic heterocycles. The molecule has 1 N–H and O–H groups in total. The Bertz CT molecular complexity index is 1790. The second-order valence-electron chi connectivity index (χ2n) is 7.61. The van der Waals surface area contributed by atoms with Crippen molar-refractivity contribution in [1.82, 2.24) is 28.3 Å². The number of hydrogen-bond donors (Lipinski definition) is 1. The normalized spacial score (nSPS) is 12.2. The number of aromatic amines is 1. The van der Waals surface area contributed by atoms with E-state index in [0.717, 1.165) is 16.2 Å². The van der Waals surface area contributed by atoms with Gasteiger partial charge in [0.25, 0.3) is 5.56 Å². The number of halogens is 3. The van der Waals surface area contributed by atoms with Gasteiger partial charge in [-0.1, -0.05) is 36.0 Å². The van der Waals surface area contributed by atoms with E-state index < -0.39 is 17.3 Å². The van der Waals surface area contributed by atoms with Crippen LogP contribution in [0.3, 0.4) is 0 Å². The van der Waals surface area contributed by atoms with E-state index in [0.29, 0.717) is 27.2 Å². The second kappa shape index (κ2) is 8.17. The van der Waals surface area contributed by atoms with E-state index >= 15 is 0 Å². The maximum Gasteiger partial charge on any atom is 0.418 e. The number of fused-ring (bicyclic) bond motifs is 4. The molecule has 0 aliphatic heterocycles. The Morgan fingerprint density at radius 2 is 1.71 bits per heavy atom. The van der Waals surface area contributed by atoms with Crippen LogP contribution in [0.15, 0.2) is 70.6 Å². The zero-order valence-corrected chi connectivity index (χ0v) is 19.2. The van der Waals surface area contributed by atoms with Crippen LogP contribution in [-0.2, 0) is 11.9 Å². The Hall–Kier alpha value is -3.77. The Kier molecular flexibility index (Phi) is 5.07. The summed E-state index contributed by atoms with van der Waals surface area (Å²) in [5.74, 6) is 0.242. The van der Waals surface area contributed by atoms with Crippen molar-refractivity contribution in [2.75, 3.05) is 0 Å². The van der Waals surface area contributed by atoms with E-state index in [4.69, 9.17) is 0 Å². The van der Waals surface area contributed by atoms with Gasteiger partial charge in [-0.15, -0.1) is 0 Å². The number of para-hydroxylation sites is 2. The summed E-state index contributed by atoms with van der Waals surface area (Å²) in [6.07, 6.45) is -4.64. The number of imidazole rings is 1. The minimum absolute atomic E-state index is 0.0783. The van der Waals surface area contributed by atoms with Gasteiger partial charge in [0.2, 0.25) is 0 Å². The van der Waals surface area contributed by atoms with Gasteiger partial charge >= 0.3 is 6.18 Å². The Morgan fingerprint density at radius 1 is 0.914 bits per heavy atom. The lowest BCUT2D eigenvalue weighted by Crippen LogP contribution is -2.26. The Labute approximate surface area is 203 Å². The topological polar surface area (TPSA) is 89.3 Å². The molecule has 0 atom stereocenters. The quantitative estimate of drug-likeness (QED) is 0.312. The number of alkyl halides is 3. The first-order chi connectivity index (χ1) is 16.9. The molecule has 0 spiro atoms. The molecule has 7 nitrogen and oxygen atoms in total. The number of rotatable bonds is 4. The number of benzene rings is 3. The van der Waals surface area contributed by atoms with Crippen molar-refractivity contribution >= 4 is 56.5 Å². The first kappa shape index (κ1) is 21.7. The standard InChI is InChI=1S/C23H13F3N6OS2/c24-23(25,26)13-6-2-4-8-17(13)32-18(27-14-7-3-1-5-12(14)21(32)33)11-34-22-28-15-9-10-16-20(19(15)29-22)31-35-30-16/h1-10,30H,11H2. The molecule has 0 unspecified atom stereocenters. The summed E-state index contributed by atoms with van der Waals surface area (Å²) >= 11 is 2.39. The fourth-order valence-corrected chi connectivity index (χ4v) is 5.27. The SMILES string of the molecule is O=c1c2ccccc2nc(CSc2nc3ccc4[nH]snc4c3n2)n1-c1ccccc1C(F)(F)F. The van der Waals surface area contributed by atoms with Crippen molar-refractivity contribution in [3.63, 3.8) is 0 Å². The Morgan fingerprint density at radius 3 is 2.57 bits per heavy atom. The fourth-order valence-electron chi connectivity index (χ4n) is 3.91. The van der Waals surface area contributed by atoms with Gasteiger partial charge in [0, 0.05) is 11.7 Å². The van der Waals surface area contributed by atoms with Crippen LogP contribution in [0.2, 0.25) is 0 Å². The van der Waals surface area contributed by atoms with E-state index in [2.05, 4.69) is 23.7 Å². The third-order valence-corrected chi connectivity index (χ3v) is 6.90. The number of hydrogen-bond acceptors (Lipinski definition) is 7. The molecule has 0 amide bonds. The maximum atomic E-state index is 13.8. The zero-order chi connectivity index (χ0) is 24.2. The van der Waals surface area contributed by atoms with Crippen molar-refractivity contribution in [3.8, 4) is 5.69 Å². The van der Waals surface area contributed by atoms with Gasteiger partial charge in [0.15, 0.2) is 5.16 Å². The van der Waals surface area contributed by atoms with Crippen LogP contribution in [0.25, 0.3) is 38.7 Å². The number of nitrogens with one attached hydrogen (secondary N) is 1. The molecule has 6 aromatic rings. The molecule has 12 heteroatoms. The smallest absolute Gasteiger partial charge is 0.293 e. The monoisotopic (exact) mass is 510 g/mol. The molecule has 0 fully saturated rings. The summed E-state index contributed by atoms with van der Waals surface area (Å²) in [4.78, 5) is 27.0. The van der Waals surface area contributed by atoms with E-state index in [-0.39, 0.29) is 22.7 Å². The van der Waals surface area contributed by atoms with E-state index in [1.165, 1.54) is 41.7 Å². The molecule has 0 radical (unpaired) electrons. The number of H-pyrrole nitrogens is 1. The van der Waals surface area contributed by atoms with Gasteiger partial charge in [0.1, 0.15) is 16.9 Å². The average molecular weight is 511 g/mol. The van der Waals surface area contributed by atoms with Crippen LogP contribution in [0.5, 0.6) is 0 Å². The highest BCUT2D eigenvalue weighted by molar-refractivity contribution is 7.98. The van der Waals surface area contributed by atoms with Gasteiger partial charge in [0.05, 0.1) is 38.9 Å². The summed E-state index contributed by atoms with van der Waals surface area (Å²) in [7, 11) is 0. The molecule has 3 aromatic carbocycles. The largest absolute Gasteiger partial charge is 0.418 e. The minimum atomic E-state index is -4.64. The molecule has 0 aliphatic rings. The van der Waals surface area contributed by atoms with Gasteiger partial charge in [-0.2, -0.15) is 17.5 Å². The van der Waals surface area contributed by atoms with Crippen molar-refractivity contribution in [2.24, 2.45) is 0 Å². The second-order valence-corrected chi connectivity index (χ2v) is 9.12. The van der Waals surface area contributed by atoms with Crippen molar-refractivity contribution < 1.29 is 13.2 Å². The highest BCUT2D eigenvalue weighted by Gasteiger charge is 2.34. The maximum absolute atomic E-state index is 13.8. The van der Waals surface area contributed by atoms with Crippen LogP contribution in [0.4, 0.5) is 13.2 Å². The highest BCUT2D eigenvalue weighted by Crippen LogP contribution is 2.34. The predicted molar refractivity (Wildman–Crippen MR) is 129 cm³/mol. The number of thioether (sulfide) groups is 1. The number of aromatic nitrogens is 6. The molecule has 3 heterocycles. The lowest BCUT2D eigenvalue weighted by Gasteiger charge is -2.17. The summed E-state index contributed by atoms with van der Waals surface area (Å²) in [5, 5.41) is 0.647. The third kappa shape index (κ3) is 3.74. The minimum Gasteiger partial charge on any atom is -0.293 e. The van der Waals surface area contributed by atoms with Gasteiger partial charge in [-0.05, 0) is 36.4 Å². The molecule has 174 valence electrons. The van der Waals surface area contributed by atoms with Crippen molar-refractivity contribution in [1.29, 1.82) is 0 Å². The van der Waals surface area contributed by atoms with Gasteiger partial charge < -0.3 is 0 Å². The summed E-state index contributed by atoms with van der Waals surface area (Å²) in [6, 6.07) is 15.3. The van der Waals surface area contributed by atoms with Crippen molar-refractivity contribution in [3.05, 3.63) is 82.4 Å². The van der Waals surface area contributed by atoms with E-state index in [9.17, 15) is 18.0 Å². The Balaban J connectivity index is 1.48. The van der Waals surface area contributed by atoms with E-state index in [1.54, 1.807) is 24.3 Å².